The van der Waals surface area contributed by atoms with Crippen LogP contribution in [0.25, 0.3) is 0 Å². The van der Waals surface area contributed by atoms with Crippen LogP contribution in [0.15, 0.2) is 60.8 Å². The summed E-state index contributed by atoms with van der Waals surface area (Å²) in [6.45, 7) is 6.50. The lowest BCUT2D eigenvalue weighted by atomic mass is 9.94. The van der Waals surface area contributed by atoms with E-state index in [1.807, 2.05) is 18.2 Å². The van der Waals surface area contributed by atoms with Gasteiger partial charge in [-0.3, -0.25) is 9.48 Å². The van der Waals surface area contributed by atoms with Crippen molar-refractivity contribution in [2.75, 3.05) is 26.2 Å². The molecule has 0 spiro atoms. The topological polar surface area (TPSA) is 63.1 Å². The predicted molar refractivity (Wildman–Crippen MR) is 117 cm³/mol. The third-order valence-electron chi connectivity index (χ3n) is 5.86. The van der Waals surface area contributed by atoms with Crippen molar-refractivity contribution in [3.05, 3.63) is 83.2 Å². The first kappa shape index (κ1) is 20.3. The maximum Gasteiger partial charge on any atom is 0.273 e. The van der Waals surface area contributed by atoms with Gasteiger partial charge in [-0.15, -0.1) is 5.10 Å². The molecule has 1 aliphatic rings. The highest BCUT2D eigenvalue weighted by Gasteiger charge is 2.24. The highest BCUT2D eigenvalue weighted by molar-refractivity contribution is 5.91. The second kappa shape index (κ2) is 9.67. The lowest BCUT2D eigenvalue weighted by molar-refractivity contribution is 0.0944. The Hall–Kier alpha value is -2.99. The highest BCUT2D eigenvalue weighted by Crippen LogP contribution is 2.28. The molecule has 0 aliphatic carbocycles. The number of hydrogen-bond donors (Lipinski definition) is 1. The van der Waals surface area contributed by atoms with E-state index in [1.165, 1.54) is 23.1 Å². The van der Waals surface area contributed by atoms with Crippen LogP contribution in [0.2, 0.25) is 0 Å². The van der Waals surface area contributed by atoms with E-state index in [2.05, 4.69) is 63.9 Å². The van der Waals surface area contributed by atoms with E-state index in [0.717, 1.165) is 26.1 Å². The van der Waals surface area contributed by atoms with Gasteiger partial charge in [0.05, 0.1) is 6.20 Å². The Morgan fingerprint density at radius 2 is 1.90 bits per heavy atom. The first-order valence-electron chi connectivity index (χ1n) is 10.7. The van der Waals surface area contributed by atoms with Crippen LogP contribution in [-0.4, -0.2) is 52.0 Å². The summed E-state index contributed by atoms with van der Waals surface area (Å²) in [5.74, 6) is 0.432. The molecule has 1 aromatic heterocycles. The van der Waals surface area contributed by atoms with Gasteiger partial charge in [0.25, 0.3) is 5.91 Å². The summed E-state index contributed by atoms with van der Waals surface area (Å²) >= 11 is 0. The Morgan fingerprint density at radius 3 is 2.73 bits per heavy atom. The Balaban J connectivity index is 1.20. The number of amides is 1. The Morgan fingerprint density at radius 1 is 1.10 bits per heavy atom. The molecule has 0 bridgehead atoms. The lowest BCUT2D eigenvalue weighted by Gasteiger charge is -2.17. The molecule has 0 radical (unpaired) electrons. The third-order valence-corrected chi connectivity index (χ3v) is 5.86. The van der Waals surface area contributed by atoms with E-state index in [-0.39, 0.29) is 5.91 Å². The molecule has 1 atom stereocenters. The number of hydrogen-bond acceptors (Lipinski definition) is 4. The molecule has 1 saturated heterocycles. The number of carbonyl (C=O) groups is 1. The smallest absolute Gasteiger partial charge is 0.273 e. The monoisotopic (exact) mass is 403 g/mol. The average Bonchev–Trinajstić information content (AvgIpc) is 3.43. The summed E-state index contributed by atoms with van der Waals surface area (Å²) in [5.41, 5.74) is 4.44. The molecule has 0 saturated carbocycles. The van der Waals surface area contributed by atoms with Crippen molar-refractivity contribution in [2.45, 2.75) is 32.2 Å². The first-order valence-corrected chi connectivity index (χ1v) is 10.7. The predicted octanol–water partition coefficient (Wildman–Crippen LogP) is 3.05. The van der Waals surface area contributed by atoms with Gasteiger partial charge in [-0.05, 0) is 48.9 Å². The van der Waals surface area contributed by atoms with Gasteiger partial charge in [0.1, 0.15) is 0 Å². The molecule has 2 heterocycles. The van der Waals surface area contributed by atoms with Gasteiger partial charge in [0.2, 0.25) is 0 Å². The van der Waals surface area contributed by atoms with Crippen LogP contribution in [0.1, 0.15) is 39.5 Å². The zero-order chi connectivity index (χ0) is 20.8. The quantitative estimate of drug-likeness (QED) is 0.628. The Bertz CT molecular complexity index is 968. The number of benzene rings is 2. The van der Waals surface area contributed by atoms with Crippen LogP contribution >= 0.6 is 0 Å². The van der Waals surface area contributed by atoms with Gasteiger partial charge in [-0.25, -0.2) is 0 Å². The van der Waals surface area contributed by atoms with Crippen LogP contribution < -0.4 is 5.32 Å². The van der Waals surface area contributed by atoms with Crippen LogP contribution in [0.5, 0.6) is 0 Å². The summed E-state index contributed by atoms with van der Waals surface area (Å²) in [5, 5.41) is 11.1. The molecule has 1 fully saturated rings. The van der Waals surface area contributed by atoms with Crippen molar-refractivity contribution in [3.63, 3.8) is 0 Å². The van der Waals surface area contributed by atoms with E-state index >= 15 is 0 Å². The summed E-state index contributed by atoms with van der Waals surface area (Å²) < 4.78 is 1.73. The van der Waals surface area contributed by atoms with Crippen molar-refractivity contribution in [2.24, 2.45) is 0 Å². The first-order chi connectivity index (χ1) is 14.7. The van der Waals surface area contributed by atoms with E-state index in [1.54, 1.807) is 10.9 Å². The minimum atomic E-state index is -0.157. The molecule has 1 N–H and O–H groups in total. The van der Waals surface area contributed by atoms with Gasteiger partial charge >= 0.3 is 0 Å². The minimum Gasteiger partial charge on any atom is -0.349 e. The molecule has 30 heavy (non-hydrogen) atoms. The SMILES string of the molecule is Cc1ccccc1[C@H]1CCN(CCNC(=O)c2cn(CCc3ccccc3)nn2)C1. The Labute approximate surface area is 177 Å². The average molecular weight is 404 g/mol. The van der Waals surface area contributed by atoms with Crippen molar-refractivity contribution < 1.29 is 4.79 Å². The highest BCUT2D eigenvalue weighted by atomic mass is 16.2. The molecular weight excluding hydrogens is 374 g/mol. The fraction of sp³-hybridized carbons (Fsp3) is 0.375. The number of likely N-dealkylation sites (tertiary alicyclic amines) is 1. The van der Waals surface area contributed by atoms with E-state index in [9.17, 15) is 4.79 Å². The molecule has 6 nitrogen and oxygen atoms in total. The molecule has 4 rings (SSSR count). The fourth-order valence-corrected chi connectivity index (χ4v) is 4.15. The van der Waals surface area contributed by atoms with Crippen molar-refractivity contribution in [1.82, 2.24) is 25.2 Å². The molecule has 0 unspecified atom stereocenters. The van der Waals surface area contributed by atoms with Gasteiger partial charge < -0.3 is 10.2 Å². The minimum absolute atomic E-state index is 0.157. The maximum atomic E-state index is 12.4. The van der Waals surface area contributed by atoms with Crippen molar-refractivity contribution in [3.8, 4) is 0 Å². The number of nitrogens with one attached hydrogen (secondary N) is 1. The van der Waals surface area contributed by atoms with Gasteiger partial charge in [-0.1, -0.05) is 59.8 Å². The fourth-order valence-electron chi connectivity index (χ4n) is 4.15. The van der Waals surface area contributed by atoms with Crippen molar-refractivity contribution >= 4 is 5.91 Å². The maximum absolute atomic E-state index is 12.4. The van der Waals surface area contributed by atoms with Crippen LogP contribution in [0.4, 0.5) is 0 Å². The van der Waals surface area contributed by atoms with E-state index in [0.29, 0.717) is 24.7 Å². The molecule has 6 heteroatoms. The van der Waals surface area contributed by atoms with Crippen LogP contribution in [0, 0.1) is 6.92 Å². The van der Waals surface area contributed by atoms with Gasteiger partial charge in [0.15, 0.2) is 5.69 Å². The largest absolute Gasteiger partial charge is 0.349 e. The third kappa shape index (κ3) is 5.13. The molecule has 1 aliphatic heterocycles. The zero-order valence-electron chi connectivity index (χ0n) is 17.5. The number of aryl methyl sites for hydroxylation is 3. The number of nitrogens with zero attached hydrogens (tertiary/aromatic N) is 4. The second-order valence-corrected chi connectivity index (χ2v) is 8.00. The van der Waals surface area contributed by atoms with Gasteiger partial charge in [0, 0.05) is 26.2 Å². The number of rotatable bonds is 8. The molecule has 1 amide bonds. The lowest BCUT2D eigenvalue weighted by Crippen LogP contribution is -2.34. The van der Waals surface area contributed by atoms with E-state index < -0.39 is 0 Å². The molecule has 3 aromatic rings. The van der Waals surface area contributed by atoms with Crippen LogP contribution in [0.3, 0.4) is 0 Å². The normalized spacial score (nSPS) is 16.6. The summed E-state index contributed by atoms with van der Waals surface area (Å²) in [6, 6.07) is 18.9. The van der Waals surface area contributed by atoms with E-state index in [4.69, 9.17) is 0 Å². The Kier molecular flexibility index (Phi) is 6.54. The summed E-state index contributed by atoms with van der Waals surface area (Å²) in [7, 11) is 0. The standard InChI is InChI=1S/C24H29N5O/c1-19-7-5-6-10-22(19)21-12-14-28(17-21)16-13-25-24(30)23-18-29(27-26-23)15-11-20-8-3-2-4-9-20/h2-10,18,21H,11-17H2,1H3,(H,25,30)/t21-/m0/s1. The number of aromatic nitrogens is 3. The van der Waals surface area contributed by atoms with Crippen molar-refractivity contribution in [1.29, 1.82) is 0 Å². The molecule has 2 aromatic carbocycles. The summed E-state index contributed by atoms with van der Waals surface area (Å²) in [6.07, 6.45) is 3.76. The van der Waals surface area contributed by atoms with Crippen LogP contribution in [-0.2, 0) is 13.0 Å². The number of carbonyl (C=O) groups excluding carboxylic acids is 1. The second-order valence-electron chi connectivity index (χ2n) is 8.00. The molecule has 156 valence electrons. The summed E-state index contributed by atoms with van der Waals surface area (Å²) in [4.78, 5) is 14.8. The molecular formula is C24H29N5O. The van der Waals surface area contributed by atoms with Gasteiger partial charge in [-0.2, -0.15) is 0 Å². The zero-order valence-corrected chi connectivity index (χ0v) is 17.5.